The van der Waals surface area contributed by atoms with E-state index in [9.17, 15) is 25.5 Å². The molecule has 0 saturated carbocycles. The number of aliphatic hydroxyl groups is 5. The molecule has 24 heavy (non-hydrogen) atoms. The fourth-order valence-electron chi connectivity index (χ4n) is 2.95. The highest BCUT2D eigenvalue weighted by Crippen LogP contribution is 2.29. The number of aliphatic hydroxyl groups excluding tert-OH is 5. The van der Waals surface area contributed by atoms with E-state index in [4.69, 9.17) is 23.7 Å². The summed E-state index contributed by atoms with van der Waals surface area (Å²) in [6.07, 6.45) is -9.41. The second kappa shape index (κ2) is 8.81. The lowest BCUT2D eigenvalue weighted by molar-refractivity contribution is -0.347. The van der Waals surface area contributed by atoms with Crippen LogP contribution >= 0.6 is 0 Å². The first-order valence-electron chi connectivity index (χ1n) is 7.74. The molecule has 0 amide bonds. The van der Waals surface area contributed by atoms with Gasteiger partial charge < -0.3 is 49.2 Å². The summed E-state index contributed by atoms with van der Waals surface area (Å²) >= 11 is 0. The van der Waals surface area contributed by atoms with Crippen molar-refractivity contribution in [2.45, 2.75) is 61.7 Å². The SMILES string of the molecule is COC1C[C@H](O)C(OC2C(CO)OC(OC)C(O)C2O)OC1CO. The lowest BCUT2D eigenvalue weighted by Gasteiger charge is -2.45. The number of hydrogen-bond acceptors (Lipinski definition) is 10. The highest BCUT2D eigenvalue weighted by atomic mass is 16.7. The van der Waals surface area contributed by atoms with Crippen LogP contribution in [0.2, 0.25) is 0 Å². The molecule has 5 N–H and O–H groups in total. The third kappa shape index (κ3) is 4.05. The zero-order chi connectivity index (χ0) is 17.9. The molecular formula is C14H26O10. The van der Waals surface area contributed by atoms with Gasteiger partial charge in [-0.15, -0.1) is 0 Å². The summed E-state index contributed by atoms with van der Waals surface area (Å²) in [5, 5.41) is 49.1. The average molecular weight is 354 g/mol. The number of methoxy groups -OCH3 is 2. The van der Waals surface area contributed by atoms with Crippen LogP contribution in [0, 0.1) is 0 Å². The smallest absolute Gasteiger partial charge is 0.186 e. The van der Waals surface area contributed by atoms with E-state index in [0.717, 1.165) is 0 Å². The number of hydrogen-bond donors (Lipinski definition) is 5. The first-order valence-corrected chi connectivity index (χ1v) is 7.74. The van der Waals surface area contributed by atoms with Gasteiger partial charge in [-0.1, -0.05) is 0 Å². The van der Waals surface area contributed by atoms with E-state index >= 15 is 0 Å². The largest absolute Gasteiger partial charge is 0.394 e. The summed E-state index contributed by atoms with van der Waals surface area (Å²) in [6.45, 7) is -0.839. The molecule has 10 nitrogen and oxygen atoms in total. The van der Waals surface area contributed by atoms with Gasteiger partial charge in [-0.3, -0.25) is 0 Å². The molecule has 0 aromatic heterocycles. The summed E-state index contributed by atoms with van der Waals surface area (Å²) in [5.41, 5.74) is 0. The van der Waals surface area contributed by atoms with E-state index in [1.165, 1.54) is 14.2 Å². The number of rotatable bonds is 6. The van der Waals surface area contributed by atoms with Gasteiger partial charge in [0.15, 0.2) is 12.6 Å². The molecule has 0 radical (unpaired) electrons. The molecule has 9 atom stereocenters. The van der Waals surface area contributed by atoms with Crippen molar-refractivity contribution in [3.63, 3.8) is 0 Å². The fourth-order valence-corrected chi connectivity index (χ4v) is 2.95. The molecule has 8 unspecified atom stereocenters. The van der Waals surface area contributed by atoms with Gasteiger partial charge in [0.2, 0.25) is 0 Å². The van der Waals surface area contributed by atoms with Crippen LogP contribution in [-0.4, -0.2) is 108 Å². The van der Waals surface area contributed by atoms with Crippen LogP contribution in [0.3, 0.4) is 0 Å². The normalized spacial score (nSPS) is 46.9. The lowest BCUT2D eigenvalue weighted by Crippen LogP contribution is -2.62. The Hall–Kier alpha value is -0.400. The highest BCUT2D eigenvalue weighted by Gasteiger charge is 2.48. The molecule has 2 heterocycles. The third-order valence-corrected chi connectivity index (χ3v) is 4.34. The Labute approximate surface area is 139 Å². The quantitative estimate of drug-likeness (QED) is 0.333. The van der Waals surface area contributed by atoms with Crippen molar-refractivity contribution >= 4 is 0 Å². The molecule has 0 aromatic carbocycles. The molecular weight excluding hydrogens is 328 g/mol. The van der Waals surface area contributed by atoms with Crippen LogP contribution in [0.4, 0.5) is 0 Å². The maximum Gasteiger partial charge on any atom is 0.186 e. The summed E-state index contributed by atoms with van der Waals surface area (Å²) in [5.74, 6) is 0. The van der Waals surface area contributed by atoms with Gasteiger partial charge >= 0.3 is 0 Å². The molecule has 10 heteroatoms. The first-order chi connectivity index (χ1) is 11.5. The van der Waals surface area contributed by atoms with E-state index in [-0.39, 0.29) is 13.0 Å². The molecule has 2 saturated heterocycles. The van der Waals surface area contributed by atoms with Gasteiger partial charge in [-0.05, 0) is 0 Å². The topological polar surface area (TPSA) is 147 Å². The van der Waals surface area contributed by atoms with Crippen LogP contribution in [0.5, 0.6) is 0 Å². The van der Waals surface area contributed by atoms with Crippen molar-refractivity contribution in [1.82, 2.24) is 0 Å². The minimum Gasteiger partial charge on any atom is -0.394 e. The Morgan fingerprint density at radius 2 is 1.50 bits per heavy atom. The zero-order valence-corrected chi connectivity index (χ0v) is 13.6. The first kappa shape index (κ1) is 19.9. The molecule has 0 aromatic rings. The Morgan fingerprint density at radius 1 is 0.875 bits per heavy atom. The maximum absolute atomic E-state index is 10.2. The minimum absolute atomic E-state index is 0.156. The Kier molecular flexibility index (Phi) is 7.31. The molecule has 2 aliphatic rings. The standard InChI is InChI=1S/C14H26O10/c1-20-7-3-6(17)13(22-8(7)4-15)24-12-9(5-16)23-14(21-2)11(19)10(12)18/h6-19H,3-5H2,1-2H3/t6-,7?,8?,9?,10?,11?,12?,13?,14?/m0/s1. The van der Waals surface area contributed by atoms with Crippen molar-refractivity contribution in [3.8, 4) is 0 Å². The predicted molar refractivity (Wildman–Crippen MR) is 76.8 cm³/mol. The van der Waals surface area contributed by atoms with Gasteiger partial charge in [0.1, 0.15) is 36.6 Å². The van der Waals surface area contributed by atoms with Crippen molar-refractivity contribution in [1.29, 1.82) is 0 Å². The monoisotopic (exact) mass is 354 g/mol. The van der Waals surface area contributed by atoms with Crippen molar-refractivity contribution in [2.24, 2.45) is 0 Å². The average Bonchev–Trinajstić information content (AvgIpc) is 2.60. The second-order valence-electron chi connectivity index (χ2n) is 5.85. The van der Waals surface area contributed by atoms with Crippen LogP contribution < -0.4 is 0 Å². The molecule has 0 bridgehead atoms. The Bertz CT molecular complexity index is 381. The Balaban J connectivity index is 2.07. The Morgan fingerprint density at radius 3 is 2.04 bits per heavy atom. The summed E-state index contributed by atoms with van der Waals surface area (Å²) in [7, 11) is 2.73. The molecule has 2 aliphatic heterocycles. The van der Waals surface area contributed by atoms with E-state index in [2.05, 4.69) is 0 Å². The van der Waals surface area contributed by atoms with Gasteiger partial charge in [0, 0.05) is 20.6 Å². The third-order valence-electron chi connectivity index (χ3n) is 4.34. The van der Waals surface area contributed by atoms with E-state index in [0.29, 0.717) is 0 Å². The zero-order valence-electron chi connectivity index (χ0n) is 13.6. The molecule has 2 fully saturated rings. The van der Waals surface area contributed by atoms with E-state index in [1.807, 2.05) is 0 Å². The van der Waals surface area contributed by atoms with Gasteiger partial charge in [0.05, 0.1) is 19.3 Å². The van der Waals surface area contributed by atoms with Crippen molar-refractivity contribution < 1.29 is 49.2 Å². The van der Waals surface area contributed by atoms with Gasteiger partial charge in [0.25, 0.3) is 0 Å². The van der Waals surface area contributed by atoms with Crippen molar-refractivity contribution in [2.75, 3.05) is 27.4 Å². The maximum atomic E-state index is 10.2. The molecule has 142 valence electrons. The van der Waals surface area contributed by atoms with Crippen LogP contribution in [-0.2, 0) is 23.7 Å². The lowest BCUT2D eigenvalue weighted by atomic mass is 9.98. The molecule has 0 spiro atoms. The van der Waals surface area contributed by atoms with Crippen LogP contribution in [0.25, 0.3) is 0 Å². The van der Waals surface area contributed by atoms with Gasteiger partial charge in [-0.25, -0.2) is 0 Å². The van der Waals surface area contributed by atoms with Crippen LogP contribution in [0.15, 0.2) is 0 Å². The second-order valence-corrected chi connectivity index (χ2v) is 5.85. The van der Waals surface area contributed by atoms with Crippen LogP contribution in [0.1, 0.15) is 6.42 Å². The summed E-state index contributed by atoms with van der Waals surface area (Å²) in [6, 6.07) is 0. The molecule has 0 aliphatic carbocycles. The van der Waals surface area contributed by atoms with Crippen molar-refractivity contribution in [3.05, 3.63) is 0 Å². The minimum atomic E-state index is -1.43. The van der Waals surface area contributed by atoms with E-state index < -0.39 is 61.9 Å². The fraction of sp³-hybridized carbons (Fsp3) is 1.00. The van der Waals surface area contributed by atoms with Gasteiger partial charge in [-0.2, -0.15) is 0 Å². The number of ether oxygens (including phenoxy) is 5. The summed E-state index contributed by atoms with van der Waals surface area (Å²) in [4.78, 5) is 0. The molecule has 2 rings (SSSR count). The van der Waals surface area contributed by atoms with E-state index in [1.54, 1.807) is 0 Å². The highest BCUT2D eigenvalue weighted by molar-refractivity contribution is 4.92. The summed E-state index contributed by atoms with van der Waals surface area (Å²) < 4.78 is 26.4. The predicted octanol–water partition coefficient (Wildman–Crippen LogP) is -3.06.